The molecule has 1 heterocycles. The van der Waals surface area contributed by atoms with Crippen molar-refractivity contribution in [3.8, 4) is 21.9 Å². The molecule has 2 aromatic rings. The zero-order chi connectivity index (χ0) is 14.9. The Morgan fingerprint density at radius 2 is 1.70 bits per heavy atom. The molecule has 20 heavy (non-hydrogen) atoms. The average molecular weight is 313 g/mol. The molecule has 1 aromatic carbocycles. The van der Waals surface area contributed by atoms with Crippen molar-refractivity contribution in [2.24, 2.45) is 5.14 Å². The van der Waals surface area contributed by atoms with E-state index in [9.17, 15) is 8.42 Å². The van der Waals surface area contributed by atoms with Crippen LogP contribution in [0.1, 0.15) is 5.56 Å². The largest absolute Gasteiger partial charge is 0.493 e. The number of benzene rings is 1. The van der Waals surface area contributed by atoms with Crippen molar-refractivity contribution >= 4 is 21.4 Å². The molecule has 0 saturated carbocycles. The van der Waals surface area contributed by atoms with Crippen LogP contribution in [0.5, 0.6) is 11.5 Å². The molecule has 0 saturated heterocycles. The van der Waals surface area contributed by atoms with Gasteiger partial charge in [-0.2, -0.15) is 0 Å². The van der Waals surface area contributed by atoms with Gasteiger partial charge in [0.2, 0.25) is 10.0 Å². The van der Waals surface area contributed by atoms with Crippen molar-refractivity contribution in [3.05, 3.63) is 29.8 Å². The van der Waals surface area contributed by atoms with E-state index in [-0.39, 0.29) is 4.21 Å². The molecule has 0 atom stereocenters. The van der Waals surface area contributed by atoms with Gasteiger partial charge in [-0.1, -0.05) is 0 Å². The molecule has 0 bridgehead atoms. The van der Waals surface area contributed by atoms with E-state index >= 15 is 0 Å². The number of primary sulfonamides is 1. The van der Waals surface area contributed by atoms with E-state index in [0.29, 0.717) is 11.5 Å². The van der Waals surface area contributed by atoms with Crippen LogP contribution in [-0.2, 0) is 10.0 Å². The Labute approximate surface area is 122 Å². The second-order valence-corrected chi connectivity index (χ2v) is 7.06. The fourth-order valence-corrected chi connectivity index (χ4v) is 3.67. The lowest BCUT2D eigenvalue weighted by atomic mass is 10.1. The first kappa shape index (κ1) is 14.8. The summed E-state index contributed by atoms with van der Waals surface area (Å²) in [6, 6.07) is 6.92. The summed E-state index contributed by atoms with van der Waals surface area (Å²) in [5, 5.41) is 5.13. The summed E-state index contributed by atoms with van der Waals surface area (Å²) >= 11 is 1.13. The molecule has 7 heteroatoms. The first-order chi connectivity index (χ1) is 9.36. The molecule has 0 radical (unpaired) electrons. The van der Waals surface area contributed by atoms with Crippen LogP contribution in [0.25, 0.3) is 10.4 Å². The van der Waals surface area contributed by atoms with Gasteiger partial charge in [-0.25, -0.2) is 13.6 Å². The summed E-state index contributed by atoms with van der Waals surface area (Å²) < 4.78 is 33.3. The van der Waals surface area contributed by atoms with Gasteiger partial charge in [-0.15, -0.1) is 11.3 Å². The zero-order valence-electron chi connectivity index (χ0n) is 11.3. The maximum Gasteiger partial charge on any atom is 0.247 e. The predicted molar refractivity (Wildman–Crippen MR) is 79.0 cm³/mol. The fourth-order valence-electron chi connectivity index (χ4n) is 1.86. The Hall–Kier alpha value is -1.57. The smallest absolute Gasteiger partial charge is 0.247 e. The second kappa shape index (κ2) is 5.43. The SMILES string of the molecule is COc1cc(C)c(-c2ccc(S(N)(=O)=O)s2)cc1OC. The molecule has 0 spiro atoms. The topological polar surface area (TPSA) is 78.6 Å². The third kappa shape index (κ3) is 2.79. The van der Waals surface area contributed by atoms with Crippen LogP contribution in [0.3, 0.4) is 0 Å². The Morgan fingerprint density at radius 3 is 2.20 bits per heavy atom. The Bertz CT molecular complexity index is 735. The second-order valence-electron chi connectivity index (χ2n) is 4.19. The number of thiophene rings is 1. The molecule has 1 aromatic heterocycles. The Balaban J connectivity index is 2.55. The molecule has 0 amide bonds. The Morgan fingerprint density at radius 1 is 1.10 bits per heavy atom. The van der Waals surface area contributed by atoms with Crippen LogP contribution in [0, 0.1) is 6.92 Å². The summed E-state index contributed by atoms with van der Waals surface area (Å²) in [5.41, 5.74) is 1.85. The molecule has 0 unspecified atom stereocenters. The molecule has 0 fully saturated rings. The predicted octanol–water partition coefficient (Wildman–Crippen LogP) is 2.39. The summed E-state index contributed by atoms with van der Waals surface area (Å²) in [6.07, 6.45) is 0. The lowest BCUT2D eigenvalue weighted by molar-refractivity contribution is 0.355. The molecular formula is C13H15NO4S2. The normalized spacial score (nSPS) is 11.4. The number of nitrogens with two attached hydrogens (primary N) is 1. The maximum atomic E-state index is 11.3. The summed E-state index contributed by atoms with van der Waals surface area (Å²) in [5.74, 6) is 1.23. The third-order valence-corrected chi connectivity index (χ3v) is 5.41. The van der Waals surface area contributed by atoms with E-state index in [1.807, 2.05) is 19.1 Å². The van der Waals surface area contributed by atoms with Crippen molar-refractivity contribution in [1.82, 2.24) is 0 Å². The molecule has 0 aliphatic carbocycles. The van der Waals surface area contributed by atoms with E-state index < -0.39 is 10.0 Å². The minimum atomic E-state index is -3.67. The van der Waals surface area contributed by atoms with E-state index in [1.54, 1.807) is 20.3 Å². The number of aryl methyl sites for hydroxylation is 1. The Kier molecular flexibility index (Phi) is 4.03. The first-order valence-corrected chi connectivity index (χ1v) is 8.08. The van der Waals surface area contributed by atoms with Gasteiger partial charge >= 0.3 is 0 Å². The van der Waals surface area contributed by atoms with Crippen LogP contribution in [-0.4, -0.2) is 22.6 Å². The van der Waals surface area contributed by atoms with Gasteiger partial charge in [-0.05, 0) is 42.3 Å². The van der Waals surface area contributed by atoms with Crippen molar-refractivity contribution in [1.29, 1.82) is 0 Å². The zero-order valence-corrected chi connectivity index (χ0v) is 13.0. The van der Waals surface area contributed by atoms with Gasteiger partial charge in [-0.3, -0.25) is 0 Å². The number of methoxy groups -OCH3 is 2. The molecule has 2 rings (SSSR count). The maximum absolute atomic E-state index is 11.3. The molecule has 0 aliphatic rings. The molecule has 108 valence electrons. The lowest BCUT2D eigenvalue weighted by Crippen LogP contribution is -2.09. The molecule has 5 nitrogen and oxygen atoms in total. The number of hydrogen-bond acceptors (Lipinski definition) is 5. The van der Waals surface area contributed by atoms with E-state index in [0.717, 1.165) is 27.3 Å². The number of sulfonamides is 1. The summed E-state index contributed by atoms with van der Waals surface area (Å²) in [7, 11) is -0.541. The van der Waals surface area contributed by atoms with Gasteiger partial charge in [0, 0.05) is 4.88 Å². The van der Waals surface area contributed by atoms with Crippen LogP contribution in [0.4, 0.5) is 0 Å². The third-order valence-electron chi connectivity index (χ3n) is 2.86. The fraction of sp³-hybridized carbons (Fsp3) is 0.231. The first-order valence-electron chi connectivity index (χ1n) is 5.72. The highest BCUT2D eigenvalue weighted by Gasteiger charge is 2.15. The quantitative estimate of drug-likeness (QED) is 0.940. The van der Waals surface area contributed by atoms with Crippen molar-refractivity contribution in [2.45, 2.75) is 11.1 Å². The number of hydrogen-bond donors (Lipinski definition) is 1. The molecular weight excluding hydrogens is 298 g/mol. The van der Waals surface area contributed by atoms with Crippen molar-refractivity contribution in [3.63, 3.8) is 0 Å². The van der Waals surface area contributed by atoms with Crippen LogP contribution in [0.2, 0.25) is 0 Å². The van der Waals surface area contributed by atoms with Crippen molar-refractivity contribution < 1.29 is 17.9 Å². The number of ether oxygens (including phenoxy) is 2. The van der Waals surface area contributed by atoms with Crippen molar-refractivity contribution in [2.75, 3.05) is 14.2 Å². The highest BCUT2D eigenvalue weighted by molar-refractivity contribution is 7.91. The number of rotatable bonds is 4. The van der Waals surface area contributed by atoms with Crippen LogP contribution < -0.4 is 14.6 Å². The highest BCUT2D eigenvalue weighted by atomic mass is 32.2. The summed E-state index contributed by atoms with van der Waals surface area (Å²) in [6.45, 7) is 1.92. The minimum absolute atomic E-state index is 0.140. The van der Waals surface area contributed by atoms with E-state index in [1.165, 1.54) is 6.07 Å². The van der Waals surface area contributed by atoms with E-state index in [4.69, 9.17) is 14.6 Å². The van der Waals surface area contributed by atoms with E-state index in [2.05, 4.69) is 0 Å². The molecule has 2 N–H and O–H groups in total. The molecule has 0 aliphatic heterocycles. The van der Waals surface area contributed by atoms with Crippen LogP contribution in [0.15, 0.2) is 28.5 Å². The van der Waals surface area contributed by atoms with Gasteiger partial charge in [0.1, 0.15) is 4.21 Å². The average Bonchev–Trinajstić information content (AvgIpc) is 2.87. The van der Waals surface area contributed by atoms with Gasteiger partial charge in [0.15, 0.2) is 11.5 Å². The minimum Gasteiger partial charge on any atom is -0.493 e. The highest BCUT2D eigenvalue weighted by Crippen LogP contribution is 2.38. The van der Waals surface area contributed by atoms with Gasteiger partial charge in [0.25, 0.3) is 0 Å². The lowest BCUT2D eigenvalue weighted by Gasteiger charge is -2.11. The van der Waals surface area contributed by atoms with Crippen LogP contribution >= 0.6 is 11.3 Å². The van der Waals surface area contributed by atoms with Gasteiger partial charge < -0.3 is 9.47 Å². The monoisotopic (exact) mass is 313 g/mol. The van der Waals surface area contributed by atoms with Gasteiger partial charge in [0.05, 0.1) is 14.2 Å². The summed E-state index contributed by atoms with van der Waals surface area (Å²) in [4.78, 5) is 0.812. The standard InChI is InChI=1S/C13H15NO4S2/c1-8-6-10(17-2)11(18-3)7-9(8)12-4-5-13(19-12)20(14,15)16/h4-7H,1-3H3,(H2,14,15,16).